The van der Waals surface area contributed by atoms with Crippen LogP contribution in [0.25, 0.3) is 11.1 Å². The molecule has 39 heavy (non-hydrogen) atoms. The Bertz CT molecular complexity index is 1570. The van der Waals surface area contributed by atoms with E-state index >= 15 is 0 Å². The molecular formula is C30H29N3O5S. The number of hydrogen-bond acceptors (Lipinski definition) is 7. The number of nitrogens with zero attached hydrogens (tertiary/aromatic N) is 1. The molecule has 0 aliphatic heterocycles. The smallest absolute Gasteiger partial charge is 0.338 e. The molecule has 0 fully saturated rings. The van der Waals surface area contributed by atoms with Gasteiger partial charge in [-0.1, -0.05) is 35.9 Å². The van der Waals surface area contributed by atoms with Gasteiger partial charge in [0.1, 0.15) is 6.61 Å². The molecule has 3 aromatic carbocycles. The van der Waals surface area contributed by atoms with E-state index in [1.54, 1.807) is 79.1 Å². The number of carbonyl (C=O) groups excluding carboxylic acids is 2. The lowest BCUT2D eigenvalue weighted by atomic mass is 9.94. The van der Waals surface area contributed by atoms with Gasteiger partial charge in [-0.2, -0.15) is 0 Å². The van der Waals surface area contributed by atoms with Gasteiger partial charge in [-0.3, -0.25) is 9.78 Å². The summed E-state index contributed by atoms with van der Waals surface area (Å²) in [6.07, 6.45) is 3.76. The molecule has 0 saturated heterocycles. The number of rotatable bonds is 10. The summed E-state index contributed by atoms with van der Waals surface area (Å²) in [5.74, 6) is -1.24. The van der Waals surface area contributed by atoms with Crippen LogP contribution in [0.3, 0.4) is 0 Å². The average Bonchev–Trinajstić information content (AvgIpc) is 2.94. The maximum Gasteiger partial charge on any atom is 0.338 e. The van der Waals surface area contributed by atoms with Crippen LogP contribution in [-0.2, 0) is 21.0 Å². The Hall–Kier alpha value is -4.34. The molecule has 200 valence electrons. The third-order valence-corrected chi connectivity index (χ3v) is 7.79. The first-order chi connectivity index (χ1) is 18.8. The molecule has 0 saturated carbocycles. The van der Waals surface area contributed by atoms with E-state index in [9.17, 15) is 18.0 Å². The van der Waals surface area contributed by atoms with Gasteiger partial charge in [-0.15, -0.1) is 0 Å². The number of esters is 1. The van der Waals surface area contributed by atoms with E-state index in [-0.39, 0.29) is 28.7 Å². The number of anilines is 1. The van der Waals surface area contributed by atoms with Crippen LogP contribution in [0.4, 0.5) is 5.69 Å². The standard InChI is InChI=1S/C30H29N3O5S/c1-21-5-9-27(10-6-21)39(36,37)18-17-38-30(35)25-4-2-3-23(19-25)28-20-24(8-7-22(28)11-14-31)29(34)33-26-12-15-32-16-13-26/h2-10,12-13,15-16,19-20H,11,14,17-18,31H2,1H3,(H,32,33,34). The molecule has 4 aromatic rings. The van der Waals surface area contributed by atoms with Crippen molar-refractivity contribution in [3.8, 4) is 11.1 Å². The SMILES string of the molecule is Cc1ccc(S(=O)(=O)CCOC(=O)c2cccc(-c3cc(C(=O)Nc4ccncc4)ccc3CCN)c2)cc1. The summed E-state index contributed by atoms with van der Waals surface area (Å²) in [4.78, 5) is 29.8. The Labute approximate surface area is 227 Å². The number of amides is 1. The van der Waals surface area contributed by atoms with Gasteiger partial charge in [0, 0.05) is 23.6 Å². The summed E-state index contributed by atoms with van der Waals surface area (Å²) in [7, 11) is -3.58. The summed E-state index contributed by atoms with van der Waals surface area (Å²) in [5, 5.41) is 2.84. The summed E-state index contributed by atoms with van der Waals surface area (Å²) < 4.78 is 30.4. The quantitative estimate of drug-likeness (QED) is 0.283. The molecule has 1 heterocycles. The number of carbonyl (C=O) groups is 2. The van der Waals surface area contributed by atoms with Gasteiger partial charge in [0.25, 0.3) is 5.91 Å². The van der Waals surface area contributed by atoms with Gasteiger partial charge >= 0.3 is 5.97 Å². The van der Waals surface area contributed by atoms with Crippen LogP contribution in [0.15, 0.2) is 96.2 Å². The van der Waals surface area contributed by atoms with Crippen molar-refractivity contribution in [3.05, 3.63) is 114 Å². The third kappa shape index (κ3) is 7.16. The van der Waals surface area contributed by atoms with Crippen LogP contribution < -0.4 is 11.1 Å². The first-order valence-corrected chi connectivity index (χ1v) is 14.0. The predicted octanol–water partition coefficient (Wildman–Crippen LogP) is 4.44. The van der Waals surface area contributed by atoms with Crippen molar-refractivity contribution in [1.82, 2.24) is 4.98 Å². The van der Waals surface area contributed by atoms with E-state index in [1.165, 1.54) is 0 Å². The van der Waals surface area contributed by atoms with E-state index < -0.39 is 15.8 Å². The van der Waals surface area contributed by atoms with Crippen LogP contribution >= 0.6 is 0 Å². The first kappa shape index (κ1) is 27.7. The minimum Gasteiger partial charge on any atom is -0.461 e. The highest BCUT2D eigenvalue weighted by Gasteiger charge is 2.17. The average molecular weight is 544 g/mol. The molecule has 0 bridgehead atoms. The highest BCUT2D eigenvalue weighted by atomic mass is 32.2. The summed E-state index contributed by atoms with van der Waals surface area (Å²) >= 11 is 0. The summed E-state index contributed by atoms with van der Waals surface area (Å²) in [5.41, 5.74) is 10.5. The monoisotopic (exact) mass is 543 g/mol. The first-order valence-electron chi connectivity index (χ1n) is 12.4. The highest BCUT2D eigenvalue weighted by molar-refractivity contribution is 7.91. The number of ether oxygens (including phenoxy) is 1. The molecule has 0 radical (unpaired) electrons. The van der Waals surface area contributed by atoms with E-state index in [1.807, 2.05) is 19.1 Å². The Kier molecular flexibility index (Phi) is 8.85. The Morgan fingerprint density at radius 3 is 2.38 bits per heavy atom. The van der Waals surface area contributed by atoms with Crippen LogP contribution in [-0.4, -0.2) is 44.2 Å². The van der Waals surface area contributed by atoms with E-state index in [0.29, 0.717) is 29.8 Å². The van der Waals surface area contributed by atoms with Crippen LogP contribution in [0, 0.1) is 6.92 Å². The Balaban J connectivity index is 1.50. The van der Waals surface area contributed by atoms with Gasteiger partial charge in [-0.05, 0) is 85.1 Å². The van der Waals surface area contributed by atoms with Crippen molar-refractivity contribution in [2.45, 2.75) is 18.2 Å². The van der Waals surface area contributed by atoms with Gasteiger partial charge in [0.15, 0.2) is 9.84 Å². The molecule has 0 spiro atoms. The number of hydrogen-bond donors (Lipinski definition) is 2. The van der Waals surface area contributed by atoms with Crippen LogP contribution in [0.1, 0.15) is 31.8 Å². The molecule has 0 unspecified atom stereocenters. The minimum atomic E-state index is -3.58. The fraction of sp³-hybridized carbons (Fsp3) is 0.167. The molecule has 0 aliphatic carbocycles. The number of nitrogens with two attached hydrogens (primary N) is 1. The molecular weight excluding hydrogens is 514 g/mol. The molecule has 9 heteroatoms. The Morgan fingerprint density at radius 2 is 1.67 bits per heavy atom. The van der Waals surface area contributed by atoms with Gasteiger partial charge < -0.3 is 15.8 Å². The second-order valence-electron chi connectivity index (χ2n) is 8.95. The van der Waals surface area contributed by atoms with Crippen molar-refractivity contribution in [2.75, 3.05) is 24.2 Å². The van der Waals surface area contributed by atoms with Crippen molar-refractivity contribution < 1.29 is 22.7 Å². The van der Waals surface area contributed by atoms with E-state index in [4.69, 9.17) is 10.5 Å². The van der Waals surface area contributed by atoms with Crippen molar-refractivity contribution in [2.24, 2.45) is 5.73 Å². The largest absolute Gasteiger partial charge is 0.461 e. The fourth-order valence-corrected chi connectivity index (χ4v) is 5.09. The molecule has 0 aliphatic rings. The second kappa shape index (κ2) is 12.5. The molecule has 3 N–H and O–H groups in total. The predicted molar refractivity (Wildman–Crippen MR) is 150 cm³/mol. The molecule has 1 aromatic heterocycles. The normalized spacial score (nSPS) is 11.1. The lowest BCUT2D eigenvalue weighted by Gasteiger charge is -2.13. The molecule has 0 atom stereocenters. The zero-order valence-corrected chi connectivity index (χ0v) is 22.3. The lowest BCUT2D eigenvalue weighted by molar-refractivity contribution is 0.0529. The van der Waals surface area contributed by atoms with Gasteiger partial charge in [0.05, 0.1) is 16.2 Å². The van der Waals surface area contributed by atoms with Gasteiger partial charge in [0.2, 0.25) is 0 Å². The number of benzene rings is 3. The number of nitrogens with one attached hydrogen (secondary N) is 1. The number of aromatic nitrogens is 1. The zero-order valence-electron chi connectivity index (χ0n) is 21.5. The van der Waals surface area contributed by atoms with Gasteiger partial charge in [-0.25, -0.2) is 13.2 Å². The number of pyridine rings is 1. The van der Waals surface area contributed by atoms with E-state index in [0.717, 1.165) is 16.7 Å². The van der Waals surface area contributed by atoms with Crippen LogP contribution in [0.5, 0.6) is 0 Å². The third-order valence-electron chi connectivity index (χ3n) is 6.10. The summed E-state index contributed by atoms with van der Waals surface area (Å²) in [6, 6.07) is 22.1. The number of sulfone groups is 1. The maximum absolute atomic E-state index is 12.9. The topological polar surface area (TPSA) is 128 Å². The maximum atomic E-state index is 12.9. The molecule has 8 nitrogen and oxygen atoms in total. The Morgan fingerprint density at radius 1 is 0.923 bits per heavy atom. The molecule has 4 rings (SSSR count). The number of aryl methyl sites for hydroxylation is 1. The van der Waals surface area contributed by atoms with Crippen molar-refractivity contribution in [1.29, 1.82) is 0 Å². The second-order valence-corrected chi connectivity index (χ2v) is 11.1. The zero-order chi connectivity index (χ0) is 27.8. The highest BCUT2D eigenvalue weighted by Crippen LogP contribution is 2.27. The summed E-state index contributed by atoms with van der Waals surface area (Å²) in [6.45, 7) is 2.01. The lowest BCUT2D eigenvalue weighted by Crippen LogP contribution is -2.16. The fourth-order valence-electron chi connectivity index (χ4n) is 4.00. The van der Waals surface area contributed by atoms with Crippen LogP contribution in [0.2, 0.25) is 0 Å². The van der Waals surface area contributed by atoms with Crippen molar-refractivity contribution >= 4 is 27.4 Å². The van der Waals surface area contributed by atoms with E-state index in [2.05, 4.69) is 10.3 Å². The van der Waals surface area contributed by atoms with Crippen molar-refractivity contribution in [3.63, 3.8) is 0 Å². The minimum absolute atomic E-state index is 0.187. The molecule has 1 amide bonds.